The first-order chi connectivity index (χ1) is 13.6. The summed E-state index contributed by atoms with van der Waals surface area (Å²) in [6.07, 6.45) is 8.06. The van der Waals surface area contributed by atoms with Crippen LogP contribution in [0.4, 0.5) is 0 Å². The van der Waals surface area contributed by atoms with Crippen LogP contribution in [-0.4, -0.2) is 47.6 Å². The lowest BCUT2D eigenvalue weighted by Crippen LogP contribution is -2.53. The second kappa shape index (κ2) is 8.31. The van der Waals surface area contributed by atoms with Crippen molar-refractivity contribution < 1.29 is 13.2 Å². The van der Waals surface area contributed by atoms with Gasteiger partial charge in [0, 0.05) is 44.0 Å². The van der Waals surface area contributed by atoms with Gasteiger partial charge >= 0.3 is 0 Å². The average molecular weight is 420 g/mol. The van der Waals surface area contributed by atoms with Crippen molar-refractivity contribution in [1.82, 2.24) is 14.2 Å². The van der Waals surface area contributed by atoms with Crippen molar-refractivity contribution in [2.45, 2.75) is 48.9 Å². The molecule has 6 nitrogen and oxygen atoms in total. The van der Waals surface area contributed by atoms with E-state index in [1.54, 1.807) is 34.2 Å². The van der Waals surface area contributed by atoms with Crippen LogP contribution in [-0.2, 0) is 21.4 Å². The minimum Gasteiger partial charge on any atom is -0.334 e. The van der Waals surface area contributed by atoms with E-state index < -0.39 is 10.0 Å². The van der Waals surface area contributed by atoms with Crippen molar-refractivity contribution >= 4 is 27.3 Å². The molecule has 150 valence electrons. The molecule has 1 saturated carbocycles. The Labute approximate surface area is 170 Å². The molecular formula is C20H25N3O3S2. The molecule has 0 N–H and O–H groups in total. The lowest BCUT2D eigenvalue weighted by molar-refractivity contribution is -0.142. The van der Waals surface area contributed by atoms with Crippen molar-refractivity contribution in [1.29, 1.82) is 0 Å². The zero-order chi connectivity index (χ0) is 19.6. The number of nitrogens with zero attached hydrogens (tertiary/aromatic N) is 3. The molecule has 1 atom stereocenters. The molecule has 1 aliphatic heterocycles. The number of carbonyl (C=O) groups excluding carboxylic acids is 1. The fraction of sp³-hybridized carbons (Fsp3) is 0.500. The SMILES string of the molecule is O=C(C1CCC1)N(Cc1cccnc1)C1CCCN(S(=O)(=O)c2cccs2)C1. The predicted octanol–water partition coefficient (Wildman–Crippen LogP) is 3.13. The topological polar surface area (TPSA) is 70.6 Å². The van der Waals surface area contributed by atoms with E-state index in [9.17, 15) is 13.2 Å². The summed E-state index contributed by atoms with van der Waals surface area (Å²) in [4.78, 5) is 19.2. The molecule has 8 heteroatoms. The van der Waals surface area contributed by atoms with Crippen LogP contribution in [0, 0.1) is 5.92 Å². The average Bonchev–Trinajstić information content (AvgIpc) is 3.21. The molecule has 1 saturated heterocycles. The number of sulfonamides is 1. The number of rotatable bonds is 6. The first-order valence-electron chi connectivity index (χ1n) is 9.79. The van der Waals surface area contributed by atoms with Crippen LogP contribution in [0.15, 0.2) is 46.2 Å². The molecule has 0 radical (unpaired) electrons. The van der Waals surface area contributed by atoms with Crippen LogP contribution in [0.2, 0.25) is 0 Å². The van der Waals surface area contributed by atoms with Gasteiger partial charge < -0.3 is 4.90 Å². The molecule has 2 aliphatic rings. The summed E-state index contributed by atoms with van der Waals surface area (Å²) in [5.41, 5.74) is 0.980. The standard InChI is InChI=1S/C20H25N3O3S2/c24-20(17-6-1-7-17)23(14-16-5-2-10-21-13-16)18-8-3-11-22(15-18)28(25,26)19-9-4-12-27-19/h2,4-5,9-10,12-13,17-18H,1,3,6-8,11,14-15H2. The fourth-order valence-electron chi connectivity index (χ4n) is 3.90. The van der Waals surface area contributed by atoms with Gasteiger partial charge in [0.25, 0.3) is 10.0 Å². The Hall–Kier alpha value is -1.77. The first kappa shape index (κ1) is 19.5. The van der Waals surface area contributed by atoms with Crippen LogP contribution in [0.5, 0.6) is 0 Å². The molecule has 2 fully saturated rings. The maximum atomic E-state index is 13.2. The molecule has 0 bridgehead atoms. The summed E-state index contributed by atoms with van der Waals surface area (Å²) >= 11 is 1.24. The van der Waals surface area contributed by atoms with E-state index in [0.717, 1.165) is 37.7 Å². The number of thiophene rings is 1. The number of aromatic nitrogens is 1. The summed E-state index contributed by atoms with van der Waals surface area (Å²) < 4.78 is 27.9. The number of piperidine rings is 1. The smallest absolute Gasteiger partial charge is 0.252 e. The second-order valence-corrected chi connectivity index (χ2v) is 10.7. The van der Waals surface area contributed by atoms with Crippen molar-refractivity contribution in [3.8, 4) is 0 Å². The van der Waals surface area contributed by atoms with Crippen molar-refractivity contribution in [3.63, 3.8) is 0 Å². The molecule has 2 aromatic rings. The van der Waals surface area contributed by atoms with E-state index in [1.807, 2.05) is 17.0 Å². The molecular weight excluding hydrogens is 394 g/mol. The molecule has 0 spiro atoms. The Bertz CT molecular complexity index is 896. The molecule has 2 aromatic heterocycles. The normalized spacial score (nSPS) is 21.2. The van der Waals surface area contributed by atoms with E-state index in [-0.39, 0.29) is 17.9 Å². The van der Waals surface area contributed by atoms with Crippen LogP contribution >= 0.6 is 11.3 Å². The Balaban J connectivity index is 1.56. The van der Waals surface area contributed by atoms with Gasteiger partial charge in [0.05, 0.1) is 0 Å². The van der Waals surface area contributed by atoms with Gasteiger partial charge in [-0.3, -0.25) is 9.78 Å². The van der Waals surface area contributed by atoms with Gasteiger partial charge in [-0.05, 0) is 48.8 Å². The van der Waals surface area contributed by atoms with E-state index in [2.05, 4.69) is 4.98 Å². The zero-order valence-electron chi connectivity index (χ0n) is 15.7. The molecule has 28 heavy (non-hydrogen) atoms. The maximum Gasteiger partial charge on any atom is 0.252 e. The predicted molar refractivity (Wildman–Crippen MR) is 108 cm³/mol. The summed E-state index contributed by atoms with van der Waals surface area (Å²) in [6.45, 7) is 1.36. The number of carbonyl (C=O) groups is 1. The van der Waals surface area contributed by atoms with E-state index in [1.165, 1.54) is 11.3 Å². The van der Waals surface area contributed by atoms with Crippen LogP contribution in [0.3, 0.4) is 0 Å². The quantitative estimate of drug-likeness (QED) is 0.721. The second-order valence-electron chi connectivity index (χ2n) is 7.55. The lowest BCUT2D eigenvalue weighted by atomic mass is 9.83. The Morgan fingerprint density at radius 3 is 2.71 bits per heavy atom. The Morgan fingerprint density at radius 1 is 1.21 bits per heavy atom. The van der Waals surface area contributed by atoms with Crippen molar-refractivity contribution in [2.24, 2.45) is 5.92 Å². The van der Waals surface area contributed by atoms with Gasteiger partial charge in [0.2, 0.25) is 5.91 Å². The summed E-state index contributed by atoms with van der Waals surface area (Å²) in [5.74, 6) is 0.247. The highest BCUT2D eigenvalue weighted by Gasteiger charge is 2.38. The summed E-state index contributed by atoms with van der Waals surface area (Å²) in [7, 11) is -3.49. The van der Waals surface area contributed by atoms with Crippen LogP contribution in [0.1, 0.15) is 37.7 Å². The molecule has 4 rings (SSSR count). The number of pyridine rings is 1. The first-order valence-corrected chi connectivity index (χ1v) is 12.1. The Morgan fingerprint density at radius 2 is 2.07 bits per heavy atom. The van der Waals surface area contributed by atoms with Crippen molar-refractivity contribution in [2.75, 3.05) is 13.1 Å². The molecule has 3 heterocycles. The van der Waals surface area contributed by atoms with E-state index in [0.29, 0.717) is 23.8 Å². The van der Waals surface area contributed by atoms with Crippen LogP contribution in [0.25, 0.3) is 0 Å². The van der Waals surface area contributed by atoms with E-state index in [4.69, 9.17) is 0 Å². The highest BCUT2D eigenvalue weighted by molar-refractivity contribution is 7.91. The van der Waals surface area contributed by atoms with Gasteiger partial charge in [0.1, 0.15) is 4.21 Å². The molecule has 1 aliphatic carbocycles. The highest BCUT2D eigenvalue weighted by atomic mass is 32.2. The largest absolute Gasteiger partial charge is 0.334 e. The zero-order valence-corrected chi connectivity index (χ0v) is 17.4. The fourth-order valence-corrected chi connectivity index (χ4v) is 6.56. The molecule has 0 aromatic carbocycles. The van der Waals surface area contributed by atoms with Gasteiger partial charge in [-0.15, -0.1) is 11.3 Å². The van der Waals surface area contributed by atoms with Gasteiger partial charge in [-0.25, -0.2) is 8.42 Å². The molecule has 1 amide bonds. The van der Waals surface area contributed by atoms with Crippen molar-refractivity contribution in [3.05, 3.63) is 47.6 Å². The summed E-state index contributed by atoms with van der Waals surface area (Å²) in [6, 6.07) is 7.15. The highest BCUT2D eigenvalue weighted by Crippen LogP contribution is 2.32. The van der Waals surface area contributed by atoms with Gasteiger partial charge in [0.15, 0.2) is 0 Å². The maximum absolute atomic E-state index is 13.2. The van der Waals surface area contributed by atoms with Gasteiger partial charge in [-0.2, -0.15) is 4.31 Å². The van der Waals surface area contributed by atoms with E-state index >= 15 is 0 Å². The minimum atomic E-state index is -3.49. The van der Waals surface area contributed by atoms with Crippen LogP contribution < -0.4 is 0 Å². The minimum absolute atomic E-state index is 0.0842. The third kappa shape index (κ3) is 3.99. The monoisotopic (exact) mass is 419 g/mol. The summed E-state index contributed by atoms with van der Waals surface area (Å²) in [5, 5.41) is 1.78. The number of amides is 1. The van der Waals surface area contributed by atoms with Gasteiger partial charge in [-0.1, -0.05) is 18.6 Å². The number of hydrogen-bond acceptors (Lipinski definition) is 5. The number of hydrogen-bond donors (Lipinski definition) is 0. The third-order valence-electron chi connectivity index (χ3n) is 5.70. The third-order valence-corrected chi connectivity index (χ3v) is 8.94. The Kier molecular flexibility index (Phi) is 5.80. The molecule has 1 unspecified atom stereocenters. The lowest BCUT2D eigenvalue weighted by Gasteiger charge is -2.41.